The summed E-state index contributed by atoms with van der Waals surface area (Å²) in [5.41, 5.74) is 0.978. The van der Waals surface area contributed by atoms with Crippen LogP contribution in [0.1, 0.15) is 32.4 Å². The van der Waals surface area contributed by atoms with Gasteiger partial charge >= 0.3 is 0 Å². The van der Waals surface area contributed by atoms with Crippen molar-refractivity contribution in [1.29, 1.82) is 0 Å². The maximum absolute atomic E-state index is 12.9. The molecule has 108 valence electrons. The summed E-state index contributed by atoms with van der Waals surface area (Å²) < 4.78 is 24.0. The van der Waals surface area contributed by atoms with E-state index in [1.165, 1.54) is 12.1 Å². The Kier molecular flexibility index (Phi) is 7.63. The second-order valence-corrected chi connectivity index (χ2v) is 4.67. The number of nitrogens with one attached hydrogen (secondary N) is 1. The second-order valence-electron chi connectivity index (χ2n) is 4.67. The molecule has 1 atom stereocenters. The van der Waals surface area contributed by atoms with Gasteiger partial charge in [0.15, 0.2) is 0 Å². The Hall–Kier alpha value is -0.970. The van der Waals surface area contributed by atoms with E-state index in [2.05, 4.69) is 19.2 Å². The Balaban J connectivity index is 2.54. The first-order valence-corrected chi connectivity index (χ1v) is 6.81. The van der Waals surface area contributed by atoms with E-state index < -0.39 is 0 Å². The van der Waals surface area contributed by atoms with Crippen LogP contribution in [0.3, 0.4) is 0 Å². The molecule has 3 nitrogen and oxygen atoms in total. The maximum atomic E-state index is 12.9. The normalized spacial score (nSPS) is 12.9. The minimum Gasteiger partial charge on any atom is -0.379 e. The van der Waals surface area contributed by atoms with Gasteiger partial charge in [0.2, 0.25) is 0 Å². The molecule has 19 heavy (non-hydrogen) atoms. The lowest BCUT2D eigenvalue weighted by molar-refractivity contribution is 0.00615. The van der Waals surface area contributed by atoms with Gasteiger partial charge in [-0.15, -0.1) is 0 Å². The van der Waals surface area contributed by atoms with Crippen LogP contribution < -0.4 is 5.32 Å². The molecule has 0 spiro atoms. The van der Waals surface area contributed by atoms with Crippen LogP contribution in [0.15, 0.2) is 24.3 Å². The molecular weight excluding hydrogens is 245 g/mol. The largest absolute Gasteiger partial charge is 0.379 e. The highest BCUT2D eigenvalue weighted by atomic mass is 19.1. The minimum absolute atomic E-state index is 0.0801. The van der Waals surface area contributed by atoms with Crippen molar-refractivity contribution in [2.24, 2.45) is 0 Å². The quantitative estimate of drug-likeness (QED) is 0.699. The summed E-state index contributed by atoms with van der Waals surface area (Å²) in [5.74, 6) is -0.228. The second kappa shape index (κ2) is 9.02. The summed E-state index contributed by atoms with van der Waals surface area (Å²) in [7, 11) is 0. The number of hydrogen-bond donors (Lipinski definition) is 1. The van der Waals surface area contributed by atoms with Crippen molar-refractivity contribution in [2.75, 3.05) is 26.4 Å². The van der Waals surface area contributed by atoms with Crippen molar-refractivity contribution in [3.8, 4) is 0 Å². The fourth-order valence-electron chi connectivity index (χ4n) is 1.69. The lowest BCUT2D eigenvalue weighted by Gasteiger charge is -2.20. The molecule has 1 aromatic rings. The van der Waals surface area contributed by atoms with Crippen molar-refractivity contribution >= 4 is 0 Å². The van der Waals surface area contributed by atoms with Crippen molar-refractivity contribution in [2.45, 2.75) is 32.9 Å². The molecule has 4 heteroatoms. The molecule has 1 N–H and O–H groups in total. The molecule has 1 aromatic carbocycles. The number of ether oxygens (including phenoxy) is 2. The van der Waals surface area contributed by atoms with Crippen LogP contribution in [0, 0.1) is 5.82 Å². The fraction of sp³-hybridized carbons (Fsp3) is 0.600. The Morgan fingerprint density at radius 1 is 1.16 bits per heavy atom. The highest BCUT2D eigenvalue weighted by Crippen LogP contribution is 2.17. The Bertz CT molecular complexity index is 341. The average Bonchev–Trinajstić information content (AvgIpc) is 2.39. The van der Waals surface area contributed by atoms with E-state index in [-0.39, 0.29) is 11.9 Å². The molecule has 0 saturated carbocycles. The van der Waals surface area contributed by atoms with Crippen molar-refractivity contribution in [3.05, 3.63) is 35.6 Å². The molecule has 0 aliphatic heterocycles. The maximum Gasteiger partial charge on any atom is 0.123 e. The Morgan fingerprint density at radius 2 is 1.84 bits per heavy atom. The first kappa shape index (κ1) is 16.1. The van der Waals surface area contributed by atoms with Crippen LogP contribution >= 0.6 is 0 Å². The topological polar surface area (TPSA) is 30.5 Å². The molecule has 0 bridgehead atoms. The van der Waals surface area contributed by atoms with Crippen LogP contribution in [0.2, 0.25) is 0 Å². The molecular formula is C15H24FNO2. The SMILES string of the molecule is CCOCCOC(CNC(C)C)c1ccc(F)cc1. The first-order valence-electron chi connectivity index (χ1n) is 6.81. The molecule has 0 radical (unpaired) electrons. The predicted octanol–water partition coefficient (Wildman–Crippen LogP) is 2.92. The number of halogens is 1. The number of benzene rings is 1. The standard InChI is InChI=1S/C15H24FNO2/c1-4-18-9-10-19-15(11-17-12(2)3)13-5-7-14(16)8-6-13/h5-8,12,15,17H,4,9-11H2,1-3H3. The molecule has 0 amide bonds. The van der Waals surface area contributed by atoms with Gasteiger partial charge in [-0.1, -0.05) is 26.0 Å². The van der Waals surface area contributed by atoms with E-state index in [4.69, 9.17) is 9.47 Å². The van der Waals surface area contributed by atoms with Gasteiger partial charge in [-0.25, -0.2) is 4.39 Å². The average molecular weight is 269 g/mol. The highest BCUT2D eigenvalue weighted by Gasteiger charge is 2.12. The van der Waals surface area contributed by atoms with Gasteiger partial charge < -0.3 is 14.8 Å². The van der Waals surface area contributed by atoms with E-state index in [1.54, 1.807) is 12.1 Å². The van der Waals surface area contributed by atoms with Gasteiger partial charge in [0.25, 0.3) is 0 Å². The summed E-state index contributed by atoms with van der Waals surface area (Å²) in [5, 5.41) is 3.34. The van der Waals surface area contributed by atoms with Crippen LogP contribution in [-0.2, 0) is 9.47 Å². The Morgan fingerprint density at radius 3 is 2.42 bits per heavy atom. The van der Waals surface area contributed by atoms with Crippen molar-refractivity contribution < 1.29 is 13.9 Å². The van der Waals surface area contributed by atoms with Crippen molar-refractivity contribution in [3.63, 3.8) is 0 Å². The molecule has 1 unspecified atom stereocenters. The smallest absolute Gasteiger partial charge is 0.123 e. The third-order valence-corrected chi connectivity index (χ3v) is 2.70. The van der Waals surface area contributed by atoms with Gasteiger partial charge in [-0.3, -0.25) is 0 Å². The van der Waals surface area contributed by atoms with Gasteiger partial charge in [0.1, 0.15) is 5.82 Å². The van der Waals surface area contributed by atoms with Crippen molar-refractivity contribution in [1.82, 2.24) is 5.32 Å². The summed E-state index contributed by atoms with van der Waals surface area (Å²) in [4.78, 5) is 0. The molecule has 0 aliphatic carbocycles. The van der Waals surface area contributed by atoms with Crippen LogP contribution in [0.25, 0.3) is 0 Å². The number of rotatable bonds is 9. The first-order chi connectivity index (χ1) is 9.13. The summed E-state index contributed by atoms with van der Waals surface area (Å²) in [6, 6.07) is 6.84. The molecule has 0 saturated heterocycles. The van der Waals surface area contributed by atoms with E-state index in [9.17, 15) is 4.39 Å². The molecule has 0 aliphatic rings. The van der Waals surface area contributed by atoms with Crippen LogP contribution in [-0.4, -0.2) is 32.4 Å². The number of hydrogen-bond acceptors (Lipinski definition) is 3. The van der Waals surface area contributed by atoms with E-state index >= 15 is 0 Å². The van der Waals surface area contributed by atoms with E-state index in [1.807, 2.05) is 6.92 Å². The monoisotopic (exact) mass is 269 g/mol. The van der Waals surface area contributed by atoms with E-state index in [0.717, 1.165) is 5.56 Å². The molecule has 0 aromatic heterocycles. The zero-order valence-corrected chi connectivity index (χ0v) is 12.0. The van der Waals surface area contributed by atoms with E-state index in [0.29, 0.717) is 32.4 Å². The molecule has 0 heterocycles. The van der Waals surface area contributed by atoms with Gasteiger partial charge in [-0.05, 0) is 24.6 Å². The minimum atomic E-state index is -0.228. The zero-order valence-electron chi connectivity index (χ0n) is 12.0. The summed E-state index contributed by atoms with van der Waals surface area (Å²) >= 11 is 0. The summed E-state index contributed by atoms with van der Waals surface area (Å²) in [6.45, 7) is 8.64. The molecule has 0 fully saturated rings. The zero-order chi connectivity index (χ0) is 14.1. The van der Waals surface area contributed by atoms with Gasteiger partial charge in [0, 0.05) is 19.2 Å². The third kappa shape index (κ3) is 6.66. The highest BCUT2D eigenvalue weighted by molar-refractivity contribution is 5.19. The van der Waals surface area contributed by atoms with Gasteiger partial charge in [-0.2, -0.15) is 0 Å². The lowest BCUT2D eigenvalue weighted by atomic mass is 10.1. The summed E-state index contributed by atoms with van der Waals surface area (Å²) in [6.07, 6.45) is -0.0801. The third-order valence-electron chi connectivity index (χ3n) is 2.70. The van der Waals surface area contributed by atoms with Crippen LogP contribution in [0.4, 0.5) is 4.39 Å². The molecule has 1 rings (SSSR count). The fourth-order valence-corrected chi connectivity index (χ4v) is 1.69. The lowest BCUT2D eigenvalue weighted by Crippen LogP contribution is -2.29. The van der Waals surface area contributed by atoms with Crippen LogP contribution in [0.5, 0.6) is 0 Å². The predicted molar refractivity (Wildman–Crippen MR) is 74.7 cm³/mol. The van der Waals surface area contributed by atoms with Gasteiger partial charge in [0.05, 0.1) is 19.3 Å². The Labute approximate surface area is 115 Å².